The Morgan fingerprint density at radius 3 is 2.62 bits per heavy atom. The summed E-state index contributed by atoms with van der Waals surface area (Å²) in [5.74, 6) is -1.45. The molecule has 1 atom stereocenters. The predicted molar refractivity (Wildman–Crippen MR) is 62.1 cm³/mol. The van der Waals surface area contributed by atoms with Crippen molar-refractivity contribution in [3.05, 3.63) is 15.8 Å². The van der Waals surface area contributed by atoms with Crippen LogP contribution in [0.5, 0.6) is 0 Å². The van der Waals surface area contributed by atoms with Gasteiger partial charge in [-0.2, -0.15) is 0 Å². The smallest absolute Gasteiger partial charge is 0.348 e. The first-order chi connectivity index (χ1) is 7.41. The highest BCUT2D eigenvalue weighted by molar-refractivity contribution is 7.14. The number of carbonyl (C=O) groups excluding carboxylic acids is 2. The molecule has 0 aliphatic rings. The van der Waals surface area contributed by atoms with Gasteiger partial charge in [0.2, 0.25) is 5.91 Å². The molecule has 5 nitrogen and oxygen atoms in total. The van der Waals surface area contributed by atoms with Crippen LogP contribution < -0.4 is 11.5 Å². The van der Waals surface area contributed by atoms with E-state index in [4.69, 9.17) is 16.2 Å². The molecular formula is C10H14N2O3S. The van der Waals surface area contributed by atoms with E-state index in [-0.39, 0.29) is 6.61 Å². The number of nitrogen functional groups attached to an aromatic ring is 1. The molecule has 0 spiro atoms. The van der Waals surface area contributed by atoms with Gasteiger partial charge < -0.3 is 16.2 Å². The van der Waals surface area contributed by atoms with E-state index in [1.54, 1.807) is 13.0 Å². The molecule has 1 unspecified atom stereocenters. The standard InChI is InChI=1S/C10H14N2O3S/c1-5(9(12)13)4-15-10(14)8-3-7(11)6(2)16-8/h3,5H,4,11H2,1-2H3,(H2,12,13). The molecule has 0 aliphatic carbocycles. The molecule has 0 aromatic carbocycles. The number of thiophene rings is 1. The van der Waals surface area contributed by atoms with E-state index in [0.29, 0.717) is 10.6 Å². The number of esters is 1. The second kappa shape index (κ2) is 4.98. The number of ether oxygens (including phenoxy) is 1. The molecule has 0 fully saturated rings. The fraction of sp³-hybridized carbons (Fsp3) is 0.400. The number of hydrogen-bond donors (Lipinski definition) is 2. The van der Waals surface area contributed by atoms with E-state index in [2.05, 4.69) is 0 Å². The van der Waals surface area contributed by atoms with Gasteiger partial charge in [-0.1, -0.05) is 6.92 Å². The van der Waals surface area contributed by atoms with Crippen molar-refractivity contribution in [2.24, 2.45) is 11.7 Å². The lowest BCUT2D eigenvalue weighted by Gasteiger charge is -2.07. The number of carbonyl (C=O) groups is 2. The Morgan fingerprint density at radius 2 is 2.19 bits per heavy atom. The molecule has 0 saturated carbocycles. The van der Waals surface area contributed by atoms with Gasteiger partial charge in [0.15, 0.2) is 0 Å². The molecule has 88 valence electrons. The van der Waals surface area contributed by atoms with Crippen molar-refractivity contribution in [3.63, 3.8) is 0 Å². The molecule has 1 rings (SSSR count). The van der Waals surface area contributed by atoms with Gasteiger partial charge in [0.05, 0.1) is 5.92 Å². The molecule has 1 aromatic rings. The molecule has 1 aromatic heterocycles. The summed E-state index contributed by atoms with van der Waals surface area (Å²) >= 11 is 1.27. The van der Waals surface area contributed by atoms with E-state index in [1.807, 2.05) is 6.92 Å². The largest absolute Gasteiger partial charge is 0.461 e. The summed E-state index contributed by atoms with van der Waals surface area (Å²) in [6.07, 6.45) is 0. The minimum Gasteiger partial charge on any atom is -0.461 e. The highest BCUT2D eigenvalue weighted by atomic mass is 32.1. The molecule has 4 N–H and O–H groups in total. The van der Waals surface area contributed by atoms with Crippen LogP contribution in [0.25, 0.3) is 0 Å². The molecule has 0 aliphatic heterocycles. The van der Waals surface area contributed by atoms with E-state index >= 15 is 0 Å². The summed E-state index contributed by atoms with van der Waals surface area (Å²) < 4.78 is 4.93. The van der Waals surface area contributed by atoms with Gasteiger partial charge in [-0.3, -0.25) is 4.79 Å². The topological polar surface area (TPSA) is 95.4 Å². The fourth-order valence-electron chi connectivity index (χ4n) is 0.951. The lowest BCUT2D eigenvalue weighted by molar-refractivity contribution is -0.122. The van der Waals surface area contributed by atoms with Gasteiger partial charge >= 0.3 is 5.97 Å². The summed E-state index contributed by atoms with van der Waals surface area (Å²) in [6, 6.07) is 1.57. The summed E-state index contributed by atoms with van der Waals surface area (Å²) in [6.45, 7) is 3.41. The van der Waals surface area contributed by atoms with Gasteiger partial charge in [0.25, 0.3) is 0 Å². The summed E-state index contributed by atoms with van der Waals surface area (Å²) in [4.78, 5) is 23.5. The van der Waals surface area contributed by atoms with Crippen molar-refractivity contribution in [3.8, 4) is 0 Å². The quantitative estimate of drug-likeness (QED) is 0.767. The van der Waals surface area contributed by atoms with Crippen molar-refractivity contribution in [2.75, 3.05) is 12.3 Å². The van der Waals surface area contributed by atoms with Crippen LogP contribution in [0.2, 0.25) is 0 Å². The van der Waals surface area contributed by atoms with E-state index in [0.717, 1.165) is 4.88 Å². The Hall–Kier alpha value is -1.56. The summed E-state index contributed by atoms with van der Waals surface area (Å²) in [7, 11) is 0. The predicted octanol–water partition coefficient (Wildman–Crippen LogP) is 0.917. The van der Waals surface area contributed by atoms with Crippen LogP contribution in [-0.2, 0) is 9.53 Å². The van der Waals surface area contributed by atoms with Crippen LogP contribution in [0.4, 0.5) is 5.69 Å². The van der Waals surface area contributed by atoms with Gasteiger partial charge in [0, 0.05) is 10.6 Å². The Balaban J connectivity index is 2.56. The van der Waals surface area contributed by atoms with E-state index in [1.165, 1.54) is 11.3 Å². The minimum absolute atomic E-state index is 0.00891. The number of rotatable bonds is 4. The van der Waals surface area contributed by atoms with Gasteiger partial charge in [-0.25, -0.2) is 4.79 Å². The van der Waals surface area contributed by atoms with Crippen molar-refractivity contribution < 1.29 is 14.3 Å². The molecule has 0 bridgehead atoms. The van der Waals surface area contributed by atoms with Crippen LogP contribution in [-0.4, -0.2) is 18.5 Å². The number of nitrogens with two attached hydrogens (primary N) is 2. The Morgan fingerprint density at radius 1 is 1.56 bits per heavy atom. The average molecular weight is 242 g/mol. The molecular weight excluding hydrogens is 228 g/mol. The Bertz CT molecular complexity index is 395. The van der Waals surface area contributed by atoms with Gasteiger partial charge in [-0.15, -0.1) is 11.3 Å². The highest BCUT2D eigenvalue weighted by Crippen LogP contribution is 2.24. The zero-order valence-electron chi connectivity index (χ0n) is 9.15. The number of hydrogen-bond acceptors (Lipinski definition) is 5. The van der Waals surface area contributed by atoms with Crippen LogP contribution in [0.1, 0.15) is 21.5 Å². The SMILES string of the molecule is Cc1sc(C(=O)OCC(C)C(N)=O)cc1N. The number of anilines is 1. The zero-order valence-corrected chi connectivity index (χ0v) is 9.97. The normalized spacial score (nSPS) is 12.1. The van der Waals surface area contributed by atoms with Crippen LogP contribution >= 0.6 is 11.3 Å². The van der Waals surface area contributed by atoms with Crippen molar-refractivity contribution in [1.82, 2.24) is 0 Å². The maximum atomic E-state index is 11.5. The third kappa shape index (κ3) is 2.96. The third-order valence-corrected chi connectivity index (χ3v) is 3.15. The molecule has 16 heavy (non-hydrogen) atoms. The lowest BCUT2D eigenvalue weighted by atomic mass is 10.2. The van der Waals surface area contributed by atoms with Crippen molar-refractivity contribution in [2.45, 2.75) is 13.8 Å². The van der Waals surface area contributed by atoms with Crippen LogP contribution in [0.3, 0.4) is 0 Å². The number of amides is 1. The first kappa shape index (κ1) is 12.5. The molecule has 1 amide bonds. The zero-order chi connectivity index (χ0) is 12.3. The van der Waals surface area contributed by atoms with Crippen molar-refractivity contribution in [1.29, 1.82) is 0 Å². The average Bonchev–Trinajstić information content (AvgIpc) is 2.55. The number of primary amides is 1. The molecule has 0 radical (unpaired) electrons. The van der Waals surface area contributed by atoms with Gasteiger partial charge in [0.1, 0.15) is 11.5 Å². The lowest BCUT2D eigenvalue weighted by Crippen LogP contribution is -2.25. The Kier molecular flexibility index (Phi) is 3.89. The first-order valence-electron chi connectivity index (χ1n) is 4.74. The maximum absolute atomic E-state index is 11.5. The van der Waals surface area contributed by atoms with Crippen LogP contribution in [0, 0.1) is 12.8 Å². The van der Waals surface area contributed by atoms with E-state index < -0.39 is 17.8 Å². The Labute approximate surface area is 97.4 Å². The fourth-order valence-corrected chi connectivity index (χ4v) is 1.79. The number of aryl methyl sites for hydroxylation is 1. The third-order valence-electron chi connectivity index (χ3n) is 2.11. The second-order valence-electron chi connectivity index (χ2n) is 3.52. The summed E-state index contributed by atoms with van der Waals surface area (Å²) in [5.41, 5.74) is 11.2. The molecule has 1 heterocycles. The minimum atomic E-state index is -0.491. The van der Waals surface area contributed by atoms with Crippen molar-refractivity contribution >= 4 is 28.9 Å². The highest BCUT2D eigenvalue weighted by Gasteiger charge is 2.15. The van der Waals surface area contributed by atoms with Crippen LogP contribution in [0.15, 0.2) is 6.07 Å². The molecule has 6 heteroatoms. The first-order valence-corrected chi connectivity index (χ1v) is 5.55. The monoisotopic (exact) mass is 242 g/mol. The van der Waals surface area contributed by atoms with Gasteiger partial charge in [-0.05, 0) is 13.0 Å². The second-order valence-corrected chi connectivity index (χ2v) is 4.78. The maximum Gasteiger partial charge on any atom is 0.348 e. The summed E-state index contributed by atoms with van der Waals surface area (Å²) in [5, 5.41) is 0. The molecule has 0 saturated heterocycles. The van der Waals surface area contributed by atoms with E-state index in [9.17, 15) is 9.59 Å².